The van der Waals surface area contributed by atoms with Crippen molar-refractivity contribution in [1.29, 1.82) is 0 Å². The summed E-state index contributed by atoms with van der Waals surface area (Å²) in [7, 11) is 0. The fraction of sp³-hybridized carbons (Fsp3) is 0.435. The van der Waals surface area contributed by atoms with E-state index in [0.29, 0.717) is 6.54 Å². The summed E-state index contributed by atoms with van der Waals surface area (Å²) in [6.07, 6.45) is 1.93. The van der Waals surface area contributed by atoms with E-state index in [9.17, 15) is 9.90 Å². The van der Waals surface area contributed by atoms with Gasteiger partial charge < -0.3 is 10.4 Å². The number of aliphatic hydroxyl groups excluding tert-OH is 1. The van der Waals surface area contributed by atoms with Crippen molar-refractivity contribution in [2.75, 3.05) is 31.5 Å². The van der Waals surface area contributed by atoms with Crippen LogP contribution in [0.5, 0.6) is 0 Å². The highest BCUT2D eigenvalue weighted by atomic mass is 35.5. The van der Waals surface area contributed by atoms with Crippen LogP contribution in [0.1, 0.15) is 32.3 Å². The number of aryl methyl sites for hydroxylation is 1. The Labute approximate surface area is 183 Å². The summed E-state index contributed by atoms with van der Waals surface area (Å²) < 4.78 is 2.09. The predicted molar refractivity (Wildman–Crippen MR) is 129 cm³/mol. The molecule has 1 atom stereocenters. The number of fused-ring (bicyclic) bond motifs is 2. The molecule has 1 aromatic heterocycles. The third-order valence-electron chi connectivity index (χ3n) is 5.02. The van der Waals surface area contributed by atoms with Crippen LogP contribution < -0.4 is 10.7 Å². The molecule has 0 radical (unpaired) electrons. The third kappa shape index (κ3) is 5.70. The van der Waals surface area contributed by atoms with Gasteiger partial charge in [-0.25, -0.2) is 0 Å². The summed E-state index contributed by atoms with van der Waals surface area (Å²) in [5.41, 5.74) is 2.13. The van der Waals surface area contributed by atoms with E-state index in [1.54, 1.807) is 11.3 Å². The van der Waals surface area contributed by atoms with Crippen molar-refractivity contribution < 1.29 is 5.11 Å². The van der Waals surface area contributed by atoms with Crippen LogP contribution in [-0.4, -0.2) is 42.3 Å². The highest BCUT2D eigenvalue weighted by molar-refractivity contribution is 7.24. The topological polar surface area (TPSA) is 52.6 Å². The lowest BCUT2D eigenvalue weighted by Gasteiger charge is -2.24. The first-order chi connectivity index (χ1) is 13.5. The van der Waals surface area contributed by atoms with Crippen molar-refractivity contribution in [3.8, 4) is 0 Å². The summed E-state index contributed by atoms with van der Waals surface area (Å²) in [5.74, 6) is 0. The molecule has 3 aromatic rings. The van der Waals surface area contributed by atoms with Crippen LogP contribution in [0.2, 0.25) is 0 Å². The SMILES string of the molecule is CCCCN(CCNc1ccc(C)c2sc3ccccc3c(=O)c12)CC(C)O.Cl. The van der Waals surface area contributed by atoms with Gasteiger partial charge in [-0.2, -0.15) is 0 Å². The van der Waals surface area contributed by atoms with Gasteiger partial charge in [-0.3, -0.25) is 9.69 Å². The minimum Gasteiger partial charge on any atom is -0.392 e. The number of nitrogens with zero attached hydrogens (tertiary/aromatic N) is 1. The molecule has 29 heavy (non-hydrogen) atoms. The molecule has 0 amide bonds. The molecule has 0 saturated heterocycles. The number of halogens is 1. The lowest BCUT2D eigenvalue weighted by Crippen LogP contribution is -2.35. The molecule has 1 unspecified atom stereocenters. The number of nitrogens with one attached hydrogen (secondary N) is 1. The normalized spacial score (nSPS) is 12.3. The van der Waals surface area contributed by atoms with E-state index in [1.165, 1.54) is 0 Å². The molecule has 158 valence electrons. The minimum atomic E-state index is -0.335. The Morgan fingerprint density at radius 1 is 1.17 bits per heavy atom. The van der Waals surface area contributed by atoms with E-state index in [4.69, 9.17) is 0 Å². The van der Waals surface area contributed by atoms with Crippen LogP contribution in [0, 0.1) is 6.92 Å². The molecule has 4 nitrogen and oxygen atoms in total. The third-order valence-corrected chi connectivity index (χ3v) is 6.33. The van der Waals surface area contributed by atoms with Gasteiger partial charge in [0.15, 0.2) is 5.43 Å². The zero-order valence-electron chi connectivity index (χ0n) is 17.4. The minimum absolute atomic E-state index is 0. The highest BCUT2D eigenvalue weighted by Crippen LogP contribution is 2.31. The number of hydrogen-bond acceptors (Lipinski definition) is 5. The van der Waals surface area contributed by atoms with Crippen molar-refractivity contribution in [2.24, 2.45) is 0 Å². The van der Waals surface area contributed by atoms with Crippen LogP contribution in [-0.2, 0) is 0 Å². The van der Waals surface area contributed by atoms with Gasteiger partial charge in [0.25, 0.3) is 0 Å². The summed E-state index contributed by atoms with van der Waals surface area (Å²) in [6, 6.07) is 11.9. The summed E-state index contributed by atoms with van der Waals surface area (Å²) in [6.45, 7) is 9.31. The van der Waals surface area contributed by atoms with Crippen LogP contribution in [0.25, 0.3) is 20.2 Å². The number of unbranched alkanes of at least 4 members (excludes halogenated alkanes) is 1. The molecule has 0 aliphatic heterocycles. The highest BCUT2D eigenvalue weighted by Gasteiger charge is 2.13. The molecular weight excluding hydrogens is 404 g/mol. The molecule has 0 saturated carbocycles. The largest absolute Gasteiger partial charge is 0.392 e. The Morgan fingerprint density at radius 3 is 2.66 bits per heavy atom. The second-order valence-corrected chi connectivity index (χ2v) is 8.54. The standard InChI is InChI=1S/C23H30N2O2S.ClH/c1-4-5-13-25(15-17(3)26)14-12-24-19-11-10-16(2)23-21(19)22(27)18-8-6-7-9-20(18)28-23;/h6-11,17,24,26H,4-5,12-15H2,1-3H3;1H. The summed E-state index contributed by atoms with van der Waals surface area (Å²) in [4.78, 5) is 15.5. The van der Waals surface area contributed by atoms with Crippen molar-refractivity contribution in [2.45, 2.75) is 39.7 Å². The molecule has 1 heterocycles. The van der Waals surface area contributed by atoms with E-state index in [1.807, 2.05) is 37.3 Å². The number of anilines is 1. The average molecular weight is 435 g/mol. The molecule has 0 fully saturated rings. The molecule has 0 spiro atoms. The Balaban J connectivity index is 0.00000300. The van der Waals surface area contributed by atoms with Gasteiger partial charge in [-0.15, -0.1) is 23.7 Å². The molecule has 3 rings (SSSR count). The predicted octanol–water partition coefficient (Wildman–Crippen LogP) is 5.04. The second-order valence-electron chi connectivity index (χ2n) is 7.49. The molecule has 2 N–H and O–H groups in total. The second kappa shape index (κ2) is 10.9. The van der Waals surface area contributed by atoms with Gasteiger partial charge in [-0.05, 0) is 50.6 Å². The Morgan fingerprint density at radius 2 is 1.93 bits per heavy atom. The Kier molecular flexibility index (Phi) is 8.90. The number of aliphatic hydroxyl groups is 1. The molecule has 2 aromatic carbocycles. The maximum Gasteiger partial charge on any atom is 0.197 e. The lowest BCUT2D eigenvalue weighted by molar-refractivity contribution is 0.128. The van der Waals surface area contributed by atoms with Gasteiger partial charge in [0.2, 0.25) is 0 Å². The maximum atomic E-state index is 13.2. The maximum absolute atomic E-state index is 13.2. The van der Waals surface area contributed by atoms with Crippen LogP contribution in [0.15, 0.2) is 41.2 Å². The van der Waals surface area contributed by atoms with Crippen LogP contribution in [0.4, 0.5) is 5.69 Å². The number of rotatable bonds is 9. The first-order valence-electron chi connectivity index (χ1n) is 10.1. The van der Waals surface area contributed by atoms with E-state index in [-0.39, 0.29) is 23.9 Å². The average Bonchev–Trinajstić information content (AvgIpc) is 2.68. The van der Waals surface area contributed by atoms with Crippen LogP contribution >= 0.6 is 23.7 Å². The van der Waals surface area contributed by atoms with Gasteiger partial charge in [0.05, 0.1) is 11.5 Å². The molecule has 0 aliphatic carbocycles. The summed E-state index contributed by atoms with van der Waals surface area (Å²) >= 11 is 1.68. The van der Waals surface area contributed by atoms with Crippen molar-refractivity contribution in [1.82, 2.24) is 4.90 Å². The fourth-order valence-corrected chi connectivity index (χ4v) is 4.75. The van der Waals surface area contributed by atoms with Crippen molar-refractivity contribution in [3.05, 3.63) is 52.2 Å². The van der Waals surface area contributed by atoms with Crippen molar-refractivity contribution in [3.63, 3.8) is 0 Å². The smallest absolute Gasteiger partial charge is 0.197 e. The quantitative estimate of drug-likeness (QED) is 0.463. The monoisotopic (exact) mass is 434 g/mol. The molecular formula is C23H31ClN2O2S. The summed E-state index contributed by atoms with van der Waals surface area (Å²) in [5, 5.41) is 14.8. The van der Waals surface area contributed by atoms with Gasteiger partial charge in [-0.1, -0.05) is 31.5 Å². The van der Waals surface area contributed by atoms with Crippen molar-refractivity contribution >= 4 is 49.6 Å². The van der Waals surface area contributed by atoms with E-state index in [2.05, 4.69) is 30.1 Å². The Bertz CT molecular complexity index is 1000. The van der Waals surface area contributed by atoms with E-state index in [0.717, 1.165) is 63.9 Å². The fourth-order valence-electron chi connectivity index (χ4n) is 3.58. The van der Waals surface area contributed by atoms with Gasteiger partial charge in [0.1, 0.15) is 0 Å². The zero-order valence-corrected chi connectivity index (χ0v) is 19.0. The van der Waals surface area contributed by atoms with Crippen LogP contribution in [0.3, 0.4) is 0 Å². The van der Waals surface area contributed by atoms with Gasteiger partial charge in [0, 0.05) is 40.1 Å². The van der Waals surface area contributed by atoms with E-state index >= 15 is 0 Å². The number of benzene rings is 2. The first-order valence-corrected chi connectivity index (χ1v) is 10.9. The number of hydrogen-bond donors (Lipinski definition) is 2. The zero-order chi connectivity index (χ0) is 20.1. The van der Waals surface area contributed by atoms with Gasteiger partial charge >= 0.3 is 0 Å². The Hall–Kier alpha value is -1.66. The first kappa shape index (κ1) is 23.6. The molecule has 0 aliphatic rings. The lowest BCUT2D eigenvalue weighted by atomic mass is 10.1. The molecule has 0 bridgehead atoms. The molecule has 6 heteroatoms. The van der Waals surface area contributed by atoms with E-state index < -0.39 is 0 Å².